The van der Waals surface area contributed by atoms with Crippen molar-refractivity contribution in [3.05, 3.63) is 75.8 Å². The molecule has 130 valence electrons. The summed E-state index contributed by atoms with van der Waals surface area (Å²) >= 11 is 3.37. The lowest BCUT2D eigenvalue weighted by Crippen LogP contribution is -2.17. The molecule has 0 fully saturated rings. The van der Waals surface area contributed by atoms with Crippen molar-refractivity contribution in [3.8, 4) is 0 Å². The van der Waals surface area contributed by atoms with E-state index in [0.29, 0.717) is 5.56 Å². The first-order valence-corrected chi connectivity index (χ1v) is 9.33. The maximum Gasteiger partial charge on any atom is 0.271 e. The number of allylic oxidation sites excluding steroid dienone is 1. The van der Waals surface area contributed by atoms with E-state index in [0.717, 1.165) is 28.5 Å². The molecule has 0 radical (unpaired) electrons. The molecule has 1 N–H and O–H groups in total. The highest BCUT2D eigenvalue weighted by molar-refractivity contribution is 9.10. The molecular weight excluding hydrogens is 376 g/mol. The minimum Gasteiger partial charge on any atom is -0.267 e. The monoisotopic (exact) mass is 398 g/mol. The number of benzene rings is 2. The van der Waals surface area contributed by atoms with E-state index in [-0.39, 0.29) is 5.91 Å². The van der Waals surface area contributed by atoms with Crippen molar-refractivity contribution in [3.63, 3.8) is 0 Å². The van der Waals surface area contributed by atoms with Gasteiger partial charge in [-0.25, -0.2) is 5.43 Å². The maximum absolute atomic E-state index is 12.1. The highest BCUT2D eigenvalue weighted by Gasteiger charge is 2.04. The Morgan fingerprint density at radius 3 is 2.64 bits per heavy atom. The van der Waals surface area contributed by atoms with Crippen molar-refractivity contribution in [2.24, 2.45) is 5.10 Å². The number of hydrazone groups is 1. The van der Waals surface area contributed by atoms with Gasteiger partial charge in [-0.05, 0) is 42.2 Å². The van der Waals surface area contributed by atoms with Crippen LogP contribution in [0, 0.1) is 0 Å². The van der Waals surface area contributed by atoms with Gasteiger partial charge in [-0.3, -0.25) is 4.79 Å². The SMILES string of the molecule is CCCCCC(C=NNC(=O)c1cccc(Br)c1)=Cc1ccccc1. The molecule has 0 unspecified atom stereocenters. The number of halogens is 1. The number of carbonyl (C=O) groups excluding carboxylic acids is 1. The fraction of sp³-hybridized carbons (Fsp3) is 0.238. The van der Waals surface area contributed by atoms with Crippen LogP contribution in [0.2, 0.25) is 0 Å². The summed E-state index contributed by atoms with van der Waals surface area (Å²) in [4.78, 5) is 12.1. The minimum absolute atomic E-state index is 0.217. The van der Waals surface area contributed by atoms with Crippen molar-refractivity contribution in [1.29, 1.82) is 0 Å². The van der Waals surface area contributed by atoms with Gasteiger partial charge in [0, 0.05) is 10.0 Å². The molecular formula is C21H23BrN2O. The summed E-state index contributed by atoms with van der Waals surface area (Å²) < 4.78 is 0.869. The third-order valence-electron chi connectivity index (χ3n) is 3.70. The van der Waals surface area contributed by atoms with Crippen LogP contribution in [0.15, 0.2) is 69.7 Å². The quantitative estimate of drug-likeness (QED) is 0.339. The van der Waals surface area contributed by atoms with Gasteiger partial charge >= 0.3 is 0 Å². The molecule has 2 aromatic rings. The Hall–Kier alpha value is -2.20. The van der Waals surface area contributed by atoms with Gasteiger partial charge in [0.05, 0.1) is 6.21 Å². The summed E-state index contributed by atoms with van der Waals surface area (Å²) in [7, 11) is 0. The van der Waals surface area contributed by atoms with Gasteiger partial charge in [0.2, 0.25) is 0 Å². The van der Waals surface area contributed by atoms with Crippen LogP contribution in [0.5, 0.6) is 0 Å². The smallest absolute Gasteiger partial charge is 0.267 e. The highest BCUT2D eigenvalue weighted by atomic mass is 79.9. The van der Waals surface area contributed by atoms with Crippen LogP contribution in [0.1, 0.15) is 48.5 Å². The van der Waals surface area contributed by atoms with Crippen molar-refractivity contribution in [2.45, 2.75) is 32.6 Å². The van der Waals surface area contributed by atoms with E-state index in [1.54, 1.807) is 18.3 Å². The fourth-order valence-corrected chi connectivity index (χ4v) is 2.78. The molecule has 0 spiro atoms. The number of nitrogens with one attached hydrogen (secondary N) is 1. The minimum atomic E-state index is -0.217. The number of carbonyl (C=O) groups is 1. The lowest BCUT2D eigenvalue weighted by molar-refractivity contribution is 0.0955. The van der Waals surface area contributed by atoms with Crippen LogP contribution in [0.3, 0.4) is 0 Å². The van der Waals surface area contributed by atoms with Crippen LogP contribution >= 0.6 is 15.9 Å². The molecule has 4 heteroatoms. The molecule has 0 saturated heterocycles. The molecule has 2 aromatic carbocycles. The fourth-order valence-electron chi connectivity index (χ4n) is 2.38. The Morgan fingerprint density at radius 2 is 1.92 bits per heavy atom. The third-order valence-corrected chi connectivity index (χ3v) is 4.20. The van der Waals surface area contributed by atoms with Crippen LogP contribution < -0.4 is 5.43 Å². The molecule has 0 atom stereocenters. The number of unbranched alkanes of at least 4 members (excludes halogenated alkanes) is 2. The topological polar surface area (TPSA) is 41.5 Å². The van der Waals surface area contributed by atoms with Crippen LogP contribution in [-0.4, -0.2) is 12.1 Å². The lowest BCUT2D eigenvalue weighted by atomic mass is 10.1. The molecule has 0 aromatic heterocycles. The average Bonchev–Trinajstić information content (AvgIpc) is 2.62. The zero-order valence-corrected chi connectivity index (χ0v) is 16.0. The Kier molecular flexibility index (Phi) is 8.13. The van der Waals surface area contributed by atoms with E-state index in [4.69, 9.17) is 0 Å². The second kappa shape index (κ2) is 10.6. The van der Waals surface area contributed by atoms with Gasteiger partial charge < -0.3 is 0 Å². The van der Waals surface area contributed by atoms with E-state index in [1.165, 1.54) is 12.8 Å². The first-order valence-electron chi connectivity index (χ1n) is 8.53. The van der Waals surface area contributed by atoms with Crippen molar-refractivity contribution >= 4 is 34.1 Å². The maximum atomic E-state index is 12.1. The summed E-state index contributed by atoms with van der Waals surface area (Å²) in [5, 5.41) is 4.14. The summed E-state index contributed by atoms with van der Waals surface area (Å²) in [6.07, 6.45) is 8.28. The van der Waals surface area contributed by atoms with Crippen molar-refractivity contribution < 1.29 is 4.79 Å². The molecule has 0 aliphatic heterocycles. The predicted octanol–water partition coefficient (Wildman–Crippen LogP) is 5.83. The van der Waals surface area contributed by atoms with Gasteiger partial charge in [0.25, 0.3) is 5.91 Å². The standard InChI is InChI=1S/C21H23BrN2O/c1-2-3-5-11-18(14-17-9-6-4-7-10-17)16-23-24-21(25)19-12-8-13-20(22)15-19/h4,6-10,12-16H,2-3,5,11H2,1H3,(H,24,25). The number of amides is 1. The molecule has 3 nitrogen and oxygen atoms in total. The van der Waals surface area contributed by atoms with Crippen molar-refractivity contribution in [1.82, 2.24) is 5.43 Å². The summed E-state index contributed by atoms with van der Waals surface area (Å²) in [6.45, 7) is 2.19. The van der Waals surface area contributed by atoms with Crippen LogP contribution in [0.25, 0.3) is 6.08 Å². The zero-order valence-electron chi connectivity index (χ0n) is 14.4. The second-order valence-corrected chi connectivity index (χ2v) is 6.71. The molecule has 2 rings (SSSR count). The molecule has 0 heterocycles. The second-order valence-electron chi connectivity index (χ2n) is 5.80. The summed E-state index contributed by atoms with van der Waals surface area (Å²) in [6, 6.07) is 17.4. The Labute approximate surface area is 158 Å². The van der Waals surface area contributed by atoms with E-state index in [1.807, 2.05) is 30.3 Å². The molecule has 0 aliphatic carbocycles. The number of nitrogens with zero attached hydrogens (tertiary/aromatic N) is 1. The van der Waals surface area contributed by atoms with Gasteiger partial charge in [0.1, 0.15) is 0 Å². The number of hydrogen-bond donors (Lipinski definition) is 1. The van der Waals surface area contributed by atoms with Gasteiger partial charge in [0.15, 0.2) is 0 Å². The summed E-state index contributed by atoms with van der Waals surface area (Å²) in [5.41, 5.74) is 5.42. The van der Waals surface area contributed by atoms with E-state index >= 15 is 0 Å². The van der Waals surface area contributed by atoms with E-state index in [9.17, 15) is 4.79 Å². The van der Waals surface area contributed by atoms with Crippen molar-refractivity contribution in [2.75, 3.05) is 0 Å². The third kappa shape index (κ3) is 7.06. The van der Waals surface area contributed by atoms with Crippen LogP contribution in [-0.2, 0) is 0 Å². The van der Waals surface area contributed by atoms with Gasteiger partial charge in [-0.15, -0.1) is 0 Å². The molecule has 0 saturated carbocycles. The van der Waals surface area contributed by atoms with Gasteiger partial charge in [-0.1, -0.05) is 78.2 Å². The first-order chi connectivity index (χ1) is 12.2. The predicted molar refractivity (Wildman–Crippen MR) is 109 cm³/mol. The van der Waals surface area contributed by atoms with Gasteiger partial charge in [-0.2, -0.15) is 5.10 Å². The van der Waals surface area contributed by atoms with Crippen LogP contribution in [0.4, 0.5) is 0 Å². The number of hydrogen-bond acceptors (Lipinski definition) is 2. The zero-order chi connectivity index (χ0) is 17.9. The Bertz CT molecular complexity index is 739. The first kappa shape index (κ1) is 19.1. The molecule has 0 aliphatic rings. The van der Waals surface area contributed by atoms with E-state index in [2.05, 4.69) is 51.6 Å². The average molecular weight is 399 g/mol. The number of rotatable bonds is 8. The highest BCUT2D eigenvalue weighted by Crippen LogP contribution is 2.13. The Morgan fingerprint density at radius 1 is 1.12 bits per heavy atom. The normalized spacial score (nSPS) is 11.7. The molecule has 1 amide bonds. The lowest BCUT2D eigenvalue weighted by Gasteiger charge is -2.04. The molecule has 25 heavy (non-hydrogen) atoms. The summed E-state index contributed by atoms with van der Waals surface area (Å²) in [5.74, 6) is -0.217. The Balaban J connectivity index is 2.03. The van der Waals surface area contributed by atoms with E-state index < -0.39 is 0 Å². The molecule has 0 bridgehead atoms. The largest absolute Gasteiger partial charge is 0.271 e.